The predicted molar refractivity (Wildman–Crippen MR) is 53.1 cm³/mol. The van der Waals surface area contributed by atoms with Crippen LogP contribution in [0.5, 0.6) is 0 Å². The fourth-order valence-corrected chi connectivity index (χ4v) is 2.39. The Morgan fingerprint density at radius 3 is 2.92 bits per heavy atom. The van der Waals surface area contributed by atoms with E-state index < -0.39 is 0 Å². The topological polar surface area (TPSA) is 29.4 Å². The highest BCUT2D eigenvalue weighted by Gasteiger charge is 2.21. The molecule has 0 bridgehead atoms. The molecule has 1 atom stereocenters. The summed E-state index contributed by atoms with van der Waals surface area (Å²) in [7, 11) is 0. The third-order valence-corrected chi connectivity index (χ3v) is 3.07. The Morgan fingerprint density at radius 1 is 1.31 bits per heavy atom. The van der Waals surface area contributed by atoms with E-state index in [2.05, 4.69) is 4.99 Å². The minimum absolute atomic E-state index is 0.467. The van der Waals surface area contributed by atoms with E-state index >= 15 is 0 Å². The quantitative estimate of drug-likeness (QED) is 0.640. The summed E-state index contributed by atoms with van der Waals surface area (Å²) in [6.45, 7) is 1.02. The highest BCUT2D eigenvalue weighted by atomic mass is 16.1. The first kappa shape index (κ1) is 8.92. The summed E-state index contributed by atoms with van der Waals surface area (Å²) in [6.07, 6.45) is 7.51. The molecule has 0 spiro atoms. The molecular weight excluding hydrogens is 162 g/mol. The van der Waals surface area contributed by atoms with Crippen molar-refractivity contribution in [3.8, 4) is 0 Å². The molecule has 2 aliphatic rings. The summed E-state index contributed by atoms with van der Waals surface area (Å²) in [4.78, 5) is 15.7. The molecule has 1 aliphatic carbocycles. The van der Waals surface area contributed by atoms with E-state index in [0.29, 0.717) is 11.7 Å². The third-order valence-electron chi connectivity index (χ3n) is 3.07. The van der Waals surface area contributed by atoms with Crippen LogP contribution in [0, 0.1) is 5.92 Å². The Bertz CT molecular complexity index is 232. The first-order valence-corrected chi connectivity index (χ1v) is 5.38. The Balaban J connectivity index is 1.83. The number of rotatable bonds is 2. The van der Waals surface area contributed by atoms with Crippen molar-refractivity contribution in [2.75, 3.05) is 6.54 Å². The van der Waals surface area contributed by atoms with Gasteiger partial charge in [-0.2, -0.15) is 0 Å². The average Bonchev–Trinajstić information content (AvgIpc) is 2.57. The minimum atomic E-state index is 0.467. The first-order chi connectivity index (χ1) is 6.34. The van der Waals surface area contributed by atoms with Crippen molar-refractivity contribution in [3.63, 3.8) is 0 Å². The molecule has 72 valence electrons. The number of hydrogen-bond acceptors (Lipinski definition) is 2. The van der Waals surface area contributed by atoms with Gasteiger partial charge in [0.05, 0.1) is 0 Å². The zero-order chi connectivity index (χ0) is 9.10. The monoisotopic (exact) mass is 179 g/mol. The maximum atomic E-state index is 11.2. The van der Waals surface area contributed by atoms with Crippen molar-refractivity contribution >= 4 is 11.5 Å². The van der Waals surface area contributed by atoms with Crippen LogP contribution in [0.3, 0.4) is 0 Å². The lowest BCUT2D eigenvalue weighted by atomic mass is 9.84. The second-order valence-electron chi connectivity index (χ2n) is 4.26. The van der Waals surface area contributed by atoms with Gasteiger partial charge in [-0.25, -0.2) is 0 Å². The third kappa shape index (κ3) is 2.39. The van der Waals surface area contributed by atoms with Crippen LogP contribution in [0.2, 0.25) is 0 Å². The zero-order valence-corrected chi connectivity index (χ0v) is 8.09. The van der Waals surface area contributed by atoms with E-state index in [9.17, 15) is 4.79 Å². The molecular formula is C11H17NO. The normalized spacial score (nSPS) is 29.1. The van der Waals surface area contributed by atoms with Crippen LogP contribution in [0.15, 0.2) is 4.99 Å². The SMILES string of the molecule is O=C1CCCC(CC2=NCCC2)C1. The largest absolute Gasteiger partial charge is 0.300 e. The van der Waals surface area contributed by atoms with E-state index in [1.54, 1.807) is 0 Å². The van der Waals surface area contributed by atoms with Crippen molar-refractivity contribution < 1.29 is 4.79 Å². The van der Waals surface area contributed by atoms with Crippen molar-refractivity contribution in [1.29, 1.82) is 0 Å². The van der Waals surface area contributed by atoms with Gasteiger partial charge < -0.3 is 0 Å². The Morgan fingerprint density at radius 2 is 2.23 bits per heavy atom. The summed E-state index contributed by atoms with van der Waals surface area (Å²) in [6, 6.07) is 0. The van der Waals surface area contributed by atoms with Crippen molar-refractivity contribution in [1.82, 2.24) is 0 Å². The standard InChI is InChI=1S/C11H17NO/c13-11-5-1-3-9(8-11)7-10-4-2-6-12-10/h9H,1-8H2. The number of carbonyl (C=O) groups excluding carboxylic acids is 1. The van der Waals surface area contributed by atoms with Crippen molar-refractivity contribution in [2.24, 2.45) is 10.9 Å². The van der Waals surface area contributed by atoms with Gasteiger partial charge in [0.15, 0.2) is 0 Å². The van der Waals surface area contributed by atoms with Crippen LogP contribution in [0.1, 0.15) is 44.9 Å². The van der Waals surface area contributed by atoms with E-state index in [4.69, 9.17) is 0 Å². The molecule has 1 unspecified atom stereocenters. The van der Waals surface area contributed by atoms with Crippen LogP contribution in [-0.2, 0) is 4.79 Å². The molecule has 2 heteroatoms. The Hall–Kier alpha value is -0.660. The molecule has 1 aliphatic heterocycles. The van der Waals surface area contributed by atoms with Crippen LogP contribution < -0.4 is 0 Å². The second kappa shape index (κ2) is 4.03. The van der Waals surface area contributed by atoms with Crippen molar-refractivity contribution in [3.05, 3.63) is 0 Å². The number of aliphatic imine (C=N–C) groups is 1. The van der Waals surface area contributed by atoms with Gasteiger partial charge in [0.1, 0.15) is 5.78 Å². The molecule has 0 N–H and O–H groups in total. The molecule has 1 fully saturated rings. The summed E-state index contributed by atoms with van der Waals surface area (Å²) in [5.74, 6) is 1.09. The van der Waals surface area contributed by atoms with Gasteiger partial charge in [-0.05, 0) is 38.0 Å². The van der Waals surface area contributed by atoms with E-state index in [1.165, 1.54) is 25.0 Å². The zero-order valence-electron chi connectivity index (χ0n) is 8.09. The smallest absolute Gasteiger partial charge is 0.133 e. The summed E-state index contributed by atoms with van der Waals surface area (Å²) in [5.41, 5.74) is 1.37. The van der Waals surface area contributed by atoms with Gasteiger partial charge in [-0.3, -0.25) is 9.79 Å². The minimum Gasteiger partial charge on any atom is -0.300 e. The lowest BCUT2D eigenvalue weighted by molar-refractivity contribution is -0.121. The molecule has 1 saturated carbocycles. The predicted octanol–water partition coefficient (Wildman–Crippen LogP) is 2.37. The van der Waals surface area contributed by atoms with Gasteiger partial charge in [-0.1, -0.05) is 0 Å². The van der Waals surface area contributed by atoms with E-state index in [1.807, 2.05) is 0 Å². The fourth-order valence-electron chi connectivity index (χ4n) is 2.39. The van der Waals surface area contributed by atoms with Gasteiger partial charge >= 0.3 is 0 Å². The average molecular weight is 179 g/mol. The summed E-state index contributed by atoms with van der Waals surface area (Å²) >= 11 is 0. The molecule has 0 aromatic carbocycles. The van der Waals surface area contributed by atoms with Gasteiger partial charge in [0, 0.05) is 25.1 Å². The molecule has 0 saturated heterocycles. The van der Waals surface area contributed by atoms with Crippen molar-refractivity contribution in [2.45, 2.75) is 44.9 Å². The lowest BCUT2D eigenvalue weighted by Gasteiger charge is -2.20. The van der Waals surface area contributed by atoms with Crippen LogP contribution in [0.4, 0.5) is 0 Å². The molecule has 0 radical (unpaired) electrons. The maximum Gasteiger partial charge on any atom is 0.133 e. The van der Waals surface area contributed by atoms with Gasteiger partial charge in [-0.15, -0.1) is 0 Å². The summed E-state index contributed by atoms with van der Waals surface area (Å²) < 4.78 is 0. The molecule has 1 heterocycles. The Kier molecular flexibility index (Phi) is 2.77. The molecule has 0 amide bonds. The van der Waals surface area contributed by atoms with E-state index in [0.717, 1.165) is 32.2 Å². The molecule has 13 heavy (non-hydrogen) atoms. The molecule has 2 rings (SSSR count). The highest BCUT2D eigenvalue weighted by molar-refractivity contribution is 5.87. The van der Waals surface area contributed by atoms with E-state index in [-0.39, 0.29) is 0 Å². The molecule has 0 aromatic heterocycles. The first-order valence-electron chi connectivity index (χ1n) is 5.38. The van der Waals surface area contributed by atoms with Gasteiger partial charge in [0.2, 0.25) is 0 Å². The number of Topliss-reactive ketones (excluding diaryl/α,β-unsaturated/α-hetero) is 1. The lowest BCUT2D eigenvalue weighted by Crippen LogP contribution is -2.17. The van der Waals surface area contributed by atoms with Crippen LogP contribution >= 0.6 is 0 Å². The Labute approximate surface area is 79.4 Å². The summed E-state index contributed by atoms with van der Waals surface area (Å²) in [5, 5.41) is 0. The fraction of sp³-hybridized carbons (Fsp3) is 0.818. The molecule has 2 nitrogen and oxygen atoms in total. The van der Waals surface area contributed by atoms with Crippen LogP contribution in [0.25, 0.3) is 0 Å². The number of ketones is 1. The number of nitrogens with zero attached hydrogens (tertiary/aromatic N) is 1. The second-order valence-corrected chi connectivity index (χ2v) is 4.26. The van der Waals surface area contributed by atoms with Crippen LogP contribution in [-0.4, -0.2) is 18.0 Å². The van der Waals surface area contributed by atoms with Gasteiger partial charge in [0.25, 0.3) is 0 Å². The maximum absolute atomic E-state index is 11.2. The highest BCUT2D eigenvalue weighted by Crippen LogP contribution is 2.26. The number of hydrogen-bond donors (Lipinski definition) is 0. The number of carbonyl (C=O) groups is 1. The molecule has 0 aromatic rings.